The lowest BCUT2D eigenvalue weighted by Crippen LogP contribution is -2.25. The van der Waals surface area contributed by atoms with Gasteiger partial charge in [-0.3, -0.25) is 9.59 Å². The van der Waals surface area contributed by atoms with Crippen molar-refractivity contribution >= 4 is 23.5 Å². The Morgan fingerprint density at radius 3 is 2.53 bits per heavy atom. The van der Waals surface area contributed by atoms with Crippen LogP contribution in [-0.4, -0.2) is 29.4 Å². The van der Waals surface area contributed by atoms with Gasteiger partial charge in [-0.15, -0.1) is 0 Å². The van der Waals surface area contributed by atoms with Crippen LogP contribution in [0.5, 0.6) is 0 Å². The normalized spacial score (nSPS) is 9.79. The van der Waals surface area contributed by atoms with E-state index in [4.69, 9.17) is 5.11 Å². The predicted molar refractivity (Wildman–Crippen MR) is 65.3 cm³/mol. The summed E-state index contributed by atoms with van der Waals surface area (Å²) in [6.07, 6.45) is -0.000296. The quantitative estimate of drug-likeness (QED) is 0.742. The van der Waals surface area contributed by atoms with Crippen molar-refractivity contribution in [3.05, 3.63) is 29.6 Å². The first-order chi connectivity index (χ1) is 8.90. The minimum Gasteiger partial charge on any atom is -0.478 e. The fourth-order valence-corrected chi connectivity index (χ4v) is 1.31. The molecule has 1 aromatic carbocycles. The number of benzene rings is 1. The molecular formula is C12H13FN2O4. The van der Waals surface area contributed by atoms with Crippen LogP contribution in [0, 0.1) is 5.82 Å². The number of amides is 2. The third kappa shape index (κ3) is 4.74. The first-order valence-corrected chi connectivity index (χ1v) is 5.47. The minimum atomic E-state index is -1.25. The summed E-state index contributed by atoms with van der Waals surface area (Å²) in [5.41, 5.74) is -0.299. The number of aromatic carboxylic acids is 1. The lowest BCUT2D eigenvalue weighted by molar-refractivity contribution is -0.119. The molecule has 2 amide bonds. The van der Waals surface area contributed by atoms with Crippen molar-refractivity contribution < 1.29 is 23.9 Å². The number of carboxylic acids is 1. The zero-order valence-corrected chi connectivity index (χ0v) is 10.2. The molecule has 19 heavy (non-hydrogen) atoms. The minimum absolute atomic E-state index is 0.000296. The van der Waals surface area contributed by atoms with Gasteiger partial charge < -0.3 is 15.7 Å². The molecule has 0 spiro atoms. The Morgan fingerprint density at radius 2 is 2.00 bits per heavy atom. The van der Waals surface area contributed by atoms with Crippen molar-refractivity contribution in [2.45, 2.75) is 13.3 Å². The second-order valence-electron chi connectivity index (χ2n) is 3.78. The molecule has 0 aliphatic rings. The Kier molecular flexibility index (Phi) is 4.99. The highest BCUT2D eigenvalue weighted by atomic mass is 19.1. The first-order valence-electron chi connectivity index (χ1n) is 5.47. The molecule has 1 aromatic rings. The maximum atomic E-state index is 13.5. The molecule has 0 heterocycles. The topological polar surface area (TPSA) is 95.5 Å². The standard InChI is InChI=1S/C12H13FN2O4/c1-7(16)14-5-4-11(17)15-10-3-2-8(12(18)19)6-9(10)13/h2-3,6H,4-5H2,1H3,(H,14,16)(H,15,17)(H,18,19). The number of nitrogens with one attached hydrogen (secondary N) is 2. The van der Waals surface area contributed by atoms with Crippen molar-refractivity contribution in [3.8, 4) is 0 Å². The molecule has 1 rings (SSSR count). The largest absolute Gasteiger partial charge is 0.478 e. The zero-order valence-electron chi connectivity index (χ0n) is 10.2. The van der Waals surface area contributed by atoms with E-state index in [1.807, 2.05) is 0 Å². The Hall–Kier alpha value is -2.44. The molecular weight excluding hydrogens is 255 g/mol. The molecule has 0 unspecified atom stereocenters. The molecule has 0 atom stereocenters. The summed E-state index contributed by atoms with van der Waals surface area (Å²) >= 11 is 0. The summed E-state index contributed by atoms with van der Waals surface area (Å²) < 4.78 is 13.5. The molecule has 0 saturated heterocycles. The number of halogens is 1. The van der Waals surface area contributed by atoms with E-state index in [1.54, 1.807) is 0 Å². The van der Waals surface area contributed by atoms with Gasteiger partial charge in [0.1, 0.15) is 5.82 Å². The van der Waals surface area contributed by atoms with Crippen LogP contribution >= 0.6 is 0 Å². The van der Waals surface area contributed by atoms with E-state index < -0.39 is 17.7 Å². The molecule has 0 bridgehead atoms. The number of rotatable bonds is 5. The van der Waals surface area contributed by atoms with Crippen molar-refractivity contribution in [1.82, 2.24) is 5.32 Å². The summed E-state index contributed by atoms with van der Waals surface area (Å²) in [6, 6.07) is 3.19. The highest BCUT2D eigenvalue weighted by molar-refractivity contribution is 5.92. The second-order valence-corrected chi connectivity index (χ2v) is 3.78. The van der Waals surface area contributed by atoms with Gasteiger partial charge in [-0.25, -0.2) is 9.18 Å². The number of carbonyl (C=O) groups is 3. The van der Waals surface area contributed by atoms with E-state index in [0.29, 0.717) is 0 Å². The Morgan fingerprint density at radius 1 is 1.32 bits per heavy atom. The number of anilines is 1. The van der Waals surface area contributed by atoms with Crippen LogP contribution in [0.3, 0.4) is 0 Å². The molecule has 102 valence electrons. The van der Waals surface area contributed by atoms with Gasteiger partial charge in [0.05, 0.1) is 11.3 Å². The fourth-order valence-electron chi connectivity index (χ4n) is 1.31. The molecule has 6 nitrogen and oxygen atoms in total. The van der Waals surface area contributed by atoms with Gasteiger partial charge in [0.15, 0.2) is 0 Å². The van der Waals surface area contributed by atoms with E-state index in [2.05, 4.69) is 10.6 Å². The highest BCUT2D eigenvalue weighted by Gasteiger charge is 2.10. The van der Waals surface area contributed by atoms with Gasteiger partial charge in [0, 0.05) is 19.9 Å². The van der Waals surface area contributed by atoms with Crippen molar-refractivity contribution in [3.63, 3.8) is 0 Å². The van der Waals surface area contributed by atoms with Crippen LogP contribution in [-0.2, 0) is 9.59 Å². The van der Waals surface area contributed by atoms with Crippen LogP contribution in [0.25, 0.3) is 0 Å². The number of hydrogen-bond donors (Lipinski definition) is 3. The average Bonchev–Trinajstić information content (AvgIpc) is 2.31. The van der Waals surface area contributed by atoms with E-state index >= 15 is 0 Å². The second kappa shape index (κ2) is 6.48. The predicted octanol–water partition coefficient (Wildman–Crippen LogP) is 0.989. The Labute approximate surface area is 108 Å². The van der Waals surface area contributed by atoms with Gasteiger partial charge in [0.2, 0.25) is 11.8 Å². The van der Waals surface area contributed by atoms with Gasteiger partial charge in [0.25, 0.3) is 0 Å². The fraction of sp³-hybridized carbons (Fsp3) is 0.250. The first kappa shape index (κ1) is 14.6. The van der Waals surface area contributed by atoms with Crippen LogP contribution in [0.4, 0.5) is 10.1 Å². The number of hydrogen-bond acceptors (Lipinski definition) is 3. The van der Waals surface area contributed by atoms with Gasteiger partial charge in [-0.1, -0.05) is 0 Å². The molecule has 0 aliphatic carbocycles. The van der Waals surface area contributed by atoms with E-state index in [1.165, 1.54) is 19.1 Å². The summed E-state index contributed by atoms with van der Waals surface area (Å²) in [5.74, 6) is -2.81. The molecule has 0 radical (unpaired) electrons. The van der Waals surface area contributed by atoms with Crippen LogP contribution < -0.4 is 10.6 Å². The third-order valence-corrected chi connectivity index (χ3v) is 2.22. The smallest absolute Gasteiger partial charge is 0.335 e. The van der Waals surface area contributed by atoms with Gasteiger partial charge in [-0.05, 0) is 18.2 Å². The van der Waals surface area contributed by atoms with Crippen LogP contribution in [0.2, 0.25) is 0 Å². The molecule has 0 fully saturated rings. The third-order valence-electron chi connectivity index (χ3n) is 2.22. The van der Waals surface area contributed by atoms with Crippen molar-refractivity contribution in [1.29, 1.82) is 0 Å². The summed E-state index contributed by atoms with van der Waals surface area (Å²) in [4.78, 5) is 32.6. The van der Waals surface area contributed by atoms with E-state index in [-0.39, 0.29) is 30.1 Å². The maximum absolute atomic E-state index is 13.5. The lowest BCUT2D eigenvalue weighted by atomic mass is 10.2. The number of carbonyl (C=O) groups excluding carboxylic acids is 2. The lowest BCUT2D eigenvalue weighted by Gasteiger charge is -2.07. The van der Waals surface area contributed by atoms with Crippen molar-refractivity contribution in [2.24, 2.45) is 0 Å². The monoisotopic (exact) mass is 268 g/mol. The molecule has 0 saturated carbocycles. The maximum Gasteiger partial charge on any atom is 0.335 e. The highest BCUT2D eigenvalue weighted by Crippen LogP contribution is 2.15. The molecule has 7 heteroatoms. The average molecular weight is 268 g/mol. The number of carboxylic acid groups (broad SMARTS) is 1. The molecule has 3 N–H and O–H groups in total. The summed E-state index contributed by atoms with van der Waals surface area (Å²) in [6.45, 7) is 1.47. The molecule has 0 aromatic heterocycles. The van der Waals surface area contributed by atoms with Crippen molar-refractivity contribution in [2.75, 3.05) is 11.9 Å². The van der Waals surface area contributed by atoms with Gasteiger partial charge >= 0.3 is 5.97 Å². The Bertz CT molecular complexity index is 516. The van der Waals surface area contributed by atoms with Crippen LogP contribution in [0.1, 0.15) is 23.7 Å². The Balaban J connectivity index is 2.59. The van der Waals surface area contributed by atoms with Gasteiger partial charge in [-0.2, -0.15) is 0 Å². The summed E-state index contributed by atoms with van der Waals surface area (Å²) in [5, 5.41) is 13.4. The van der Waals surface area contributed by atoms with Crippen LogP contribution in [0.15, 0.2) is 18.2 Å². The molecule has 0 aliphatic heterocycles. The SMILES string of the molecule is CC(=O)NCCC(=O)Nc1ccc(C(=O)O)cc1F. The zero-order chi connectivity index (χ0) is 14.4. The van der Waals surface area contributed by atoms with E-state index in [9.17, 15) is 18.8 Å². The summed E-state index contributed by atoms with van der Waals surface area (Å²) in [7, 11) is 0. The van der Waals surface area contributed by atoms with E-state index in [0.717, 1.165) is 6.07 Å².